The average molecular weight is 213 g/mol. The zero-order chi connectivity index (χ0) is 10.6. The molecule has 0 aliphatic rings. The molecule has 0 bridgehead atoms. The second kappa shape index (κ2) is 5.01. The molecule has 3 heteroatoms. The lowest BCUT2D eigenvalue weighted by Gasteiger charge is -2.12. The molecule has 0 aliphatic heterocycles. The lowest BCUT2D eigenvalue weighted by Crippen LogP contribution is -2.04. The minimum atomic E-state index is -0.270. The highest BCUT2D eigenvalue weighted by Crippen LogP contribution is 2.18. The predicted octanol–water partition coefficient (Wildman–Crippen LogP) is 3.05. The number of esters is 1. The van der Waals surface area contributed by atoms with Crippen LogP contribution in [0.4, 0.5) is 0 Å². The molecular weight excluding hydrogens is 200 g/mol. The molecule has 0 saturated carbocycles. The van der Waals surface area contributed by atoms with Crippen molar-refractivity contribution >= 4 is 17.6 Å². The van der Waals surface area contributed by atoms with Crippen LogP contribution >= 0.6 is 11.6 Å². The second-order valence-electron chi connectivity index (χ2n) is 3.13. The molecule has 1 aromatic carbocycles. The normalized spacial score (nSPS) is 12.2. The van der Waals surface area contributed by atoms with Crippen molar-refractivity contribution in [2.45, 2.75) is 25.8 Å². The highest BCUT2D eigenvalue weighted by atomic mass is 35.5. The molecule has 1 atom stereocenters. The molecule has 0 radical (unpaired) electrons. The van der Waals surface area contributed by atoms with E-state index in [1.807, 2.05) is 31.2 Å². The predicted molar refractivity (Wildman–Crippen MR) is 56.2 cm³/mol. The number of carbonyl (C=O) groups is 1. The Balaban J connectivity index is 2.78. The fraction of sp³-hybridized carbons (Fsp3) is 0.364. The maximum atomic E-state index is 10.7. The van der Waals surface area contributed by atoms with Gasteiger partial charge in [0.05, 0.1) is 0 Å². The van der Waals surface area contributed by atoms with E-state index in [0.29, 0.717) is 5.88 Å². The number of ether oxygens (including phenoxy) is 1. The van der Waals surface area contributed by atoms with Crippen LogP contribution in [0.25, 0.3) is 0 Å². The van der Waals surface area contributed by atoms with Crippen LogP contribution in [0.5, 0.6) is 0 Å². The molecule has 0 fully saturated rings. The van der Waals surface area contributed by atoms with Crippen molar-refractivity contribution in [1.82, 2.24) is 0 Å². The number of benzene rings is 1. The summed E-state index contributed by atoms with van der Waals surface area (Å²) in [5.74, 6) is 0.203. The maximum absolute atomic E-state index is 10.7. The van der Waals surface area contributed by atoms with Crippen LogP contribution in [0.3, 0.4) is 0 Å². The lowest BCUT2D eigenvalue weighted by atomic mass is 10.1. The first-order valence-electron chi connectivity index (χ1n) is 4.45. The van der Waals surface area contributed by atoms with Gasteiger partial charge < -0.3 is 4.74 Å². The Hall–Kier alpha value is -1.02. The van der Waals surface area contributed by atoms with Crippen LogP contribution in [0.15, 0.2) is 24.3 Å². The molecule has 2 nitrogen and oxygen atoms in total. The lowest BCUT2D eigenvalue weighted by molar-refractivity contribution is -0.145. The van der Waals surface area contributed by atoms with Crippen molar-refractivity contribution in [3.8, 4) is 0 Å². The highest BCUT2D eigenvalue weighted by molar-refractivity contribution is 6.17. The van der Waals surface area contributed by atoms with E-state index in [0.717, 1.165) is 11.1 Å². The summed E-state index contributed by atoms with van der Waals surface area (Å²) in [6.45, 7) is 3.25. The standard InChI is InChI=1S/C11H13ClO2/c1-8(14-9(2)13)11-5-3-4-10(6-11)7-12/h3-6,8H,7H2,1-2H3. The first-order valence-corrected chi connectivity index (χ1v) is 4.99. The van der Waals surface area contributed by atoms with Gasteiger partial charge in [-0.1, -0.05) is 24.3 Å². The minimum Gasteiger partial charge on any atom is -0.458 e. The summed E-state index contributed by atoms with van der Waals surface area (Å²) in [4.78, 5) is 10.7. The summed E-state index contributed by atoms with van der Waals surface area (Å²) in [6, 6.07) is 7.72. The summed E-state index contributed by atoms with van der Waals surface area (Å²) in [5, 5.41) is 0. The van der Waals surface area contributed by atoms with Crippen LogP contribution in [0.1, 0.15) is 31.1 Å². The van der Waals surface area contributed by atoms with Gasteiger partial charge in [0.1, 0.15) is 6.10 Å². The number of hydrogen-bond acceptors (Lipinski definition) is 2. The Labute approximate surface area is 88.8 Å². The number of carbonyl (C=O) groups excluding carboxylic acids is 1. The molecule has 76 valence electrons. The Bertz CT molecular complexity index is 323. The van der Waals surface area contributed by atoms with E-state index in [1.165, 1.54) is 6.92 Å². The summed E-state index contributed by atoms with van der Waals surface area (Å²) in [5.41, 5.74) is 2.00. The van der Waals surface area contributed by atoms with Gasteiger partial charge in [-0.15, -0.1) is 11.6 Å². The van der Waals surface area contributed by atoms with Gasteiger partial charge in [0.25, 0.3) is 0 Å². The van der Waals surface area contributed by atoms with Crippen molar-refractivity contribution in [2.75, 3.05) is 0 Å². The zero-order valence-electron chi connectivity index (χ0n) is 8.29. The quantitative estimate of drug-likeness (QED) is 0.569. The third-order valence-electron chi connectivity index (χ3n) is 1.92. The van der Waals surface area contributed by atoms with Gasteiger partial charge in [0, 0.05) is 12.8 Å². The smallest absolute Gasteiger partial charge is 0.303 e. The number of alkyl halides is 1. The first kappa shape index (κ1) is 11.1. The Morgan fingerprint density at radius 2 is 2.29 bits per heavy atom. The van der Waals surface area contributed by atoms with Crippen molar-refractivity contribution in [3.63, 3.8) is 0 Å². The van der Waals surface area contributed by atoms with E-state index >= 15 is 0 Å². The van der Waals surface area contributed by atoms with Crippen LogP contribution in [-0.4, -0.2) is 5.97 Å². The van der Waals surface area contributed by atoms with Crippen LogP contribution in [-0.2, 0) is 15.4 Å². The molecule has 0 spiro atoms. The summed E-state index contributed by atoms with van der Waals surface area (Å²) >= 11 is 5.70. The Morgan fingerprint density at radius 3 is 2.86 bits per heavy atom. The highest BCUT2D eigenvalue weighted by Gasteiger charge is 2.08. The molecule has 1 unspecified atom stereocenters. The third-order valence-corrected chi connectivity index (χ3v) is 2.23. The fourth-order valence-corrected chi connectivity index (χ4v) is 1.41. The van der Waals surface area contributed by atoms with Crippen molar-refractivity contribution in [1.29, 1.82) is 0 Å². The minimum absolute atomic E-state index is 0.212. The Kier molecular flexibility index (Phi) is 3.96. The number of hydrogen-bond donors (Lipinski definition) is 0. The van der Waals surface area contributed by atoms with Gasteiger partial charge in [-0.2, -0.15) is 0 Å². The van der Waals surface area contributed by atoms with E-state index in [9.17, 15) is 4.79 Å². The number of halogens is 1. The second-order valence-corrected chi connectivity index (χ2v) is 3.40. The zero-order valence-corrected chi connectivity index (χ0v) is 9.04. The summed E-state index contributed by atoms with van der Waals surface area (Å²) in [7, 11) is 0. The Morgan fingerprint density at radius 1 is 1.57 bits per heavy atom. The summed E-state index contributed by atoms with van der Waals surface area (Å²) < 4.78 is 5.05. The molecule has 1 rings (SSSR count). The van der Waals surface area contributed by atoms with Gasteiger partial charge in [0.2, 0.25) is 0 Å². The van der Waals surface area contributed by atoms with Gasteiger partial charge in [-0.05, 0) is 18.1 Å². The average Bonchev–Trinajstić information content (AvgIpc) is 2.17. The number of rotatable bonds is 3. The van der Waals surface area contributed by atoms with Gasteiger partial charge in [0.15, 0.2) is 0 Å². The molecule has 14 heavy (non-hydrogen) atoms. The van der Waals surface area contributed by atoms with Gasteiger partial charge in [-0.25, -0.2) is 0 Å². The summed E-state index contributed by atoms with van der Waals surface area (Å²) in [6.07, 6.45) is -0.212. The largest absolute Gasteiger partial charge is 0.458 e. The van der Waals surface area contributed by atoms with Crippen LogP contribution < -0.4 is 0 Å². The molecule has 0 amide bonds. The maximum Gasteiger partial charge on any atom is 0.303 e. The van der Waals surface area contributed by atoms with E-state index in [-0.39, 0.29) is 12.1 Å². The molecule has 0 heterocycles. The molecule has 0 aromatic heterocycles. The van der Waals surface area contributed by atoms with Crippen LogP contribution in [0.2, 0.25) is 0 Å². The molecule has 0 aliphatic carbocycles. The van der Waals surface area contributed by atoms with Crippen molar-refractivity contribution < 1.29 is 9.53 Å². The third kappa shape index (κ3) is 3.04. The van der Waals surface area contributed by atoms with Crippen LogP contribution in [0, 0.1) is 0 Å². The molecular formula is C11H13ClO2. The molecule has 0 N–H and O–H groups in total. The SMILES string of the molecule is CC(=O)OC(C)c1cccc(CCl)c1. The monoisotopic (exact) mass is 212 g/mol. The molecule has 0 saturated heterocycles. The van der Waals surface area contributed by atoms with Crippen molar-refractivity contribution in [3.05, 3.63) is 35.4 Å². The van der Waals surface area contributed by atoms with E-state index < -0.39 is 0 Å². The molecule has 1 aromatic rings. The van der Waals surface area contributed by atoms with E-state index in [4.69, 9.17) is 16.3 Å². The van der Waals surface area contributed by atoms with Crippen molar-refractivity contribution in [2.24, 2.45) is 0 Å². The van der Waals surface area contributed by atoms with Gasteiger partial charge >= 0.3 is 5.97 Å². The van der Waals surface area contributed by atoms with Gasteiger partial charge in [-0.3, -0.25) is 4.79 Å². The van der Waals surface area contributed by atoms with E-state index in [2.05, 4.69) is 0 Å². The fourth-order valence-electron chi connectivity index (χ4n) is 1.25. The van der Waals surface area contributed by atoms with E-state index in [1.54, 1.807) is 0 Å². The topological polar surface area (TPSA) is 26.3 Å². The first-order chi connectivity index (χ1) is 6.63.